The van der Waals surface area contributed by atoms with Crippen molar-refractivity contribution in [1.29, 1.82) is 0 Å². The molecule has 23 heavy (non-hydrogen) atoms. The van der Waals surface area contributed by atoms with Crippen LogP contribution in [0.3, 0.4) is 0 Å². The topological polar surface area (TPSA) is 64.6 Å². The van der Waals surface area contributed by atoms with Gasteiger partial charge >= 0.3 is 12.1 Å². The van der Waals surface area contributed by atoms with E-state index in [9.17, 15) is 9.59 Å². The molecule has 0 saturated heterocycles. The second-order valence-electron chi connectivity index (χ2n) is 8.59. The first-order valence-corrected chi connectivity index (χ1v) is 8.86. The lowest BCUT2D eigenvalue weighted by atomic mass is 9.52. The molecule has 0 radical (unpaired) electrons. The molecule has 4 aliphatic rings. The third-order valence-electron chi connectivity index (χ3n) is 6.21. The molecular formula is C18H29NO4. The van der Waals surface area contributed by atoms with Gasteiger partial charge in [-0.05, 0) is 64.2 Å². The maximum atomic E-state index is 12.6. The minimum absolute atomic E-state index is 0.114. The highest BCUT2D eigenvalue weighted by Crippen LogP contribution is 2.60. The Morgan fingerprint density at radius 1 is 1.09 bits per heavy atom. The normalized spacial score (nSPS) is 38.3. The molecule has 130 valence electrons. The highest BCUT2D eigenvalue weighted by molar-refractivity contribution is 5.76. The summed E-state index contributed by atoms with van der Waals surface area (Å²) in [6.45, 7) is 5.89. The van der Waals surface area contributed by atoms with Gasteiger partial charge in [0, 0.05) is 13.5 Å². The number of ether oxygens (including phenoxy) is 2. The zero-order valence-electron chi connectivity index (χ0n) is 14.7. The SMILES string of the molecule is CCC(C)(C)C(=O)OC12CC3CC(CC(OC(=O)NC)(C3)C1)C2. The average molecular weight is 323 g/mol. The molecule has 1 amide bonds. The molecule has 0 aromatic rings. The minimum Gasteiger partial charge on any atom is -0.458 e. The molecule has 4 fully saturated rings. The van der Waals surface area contributed by atoms with E-state index in [0.29, 0.717) is 18.3 Å². The molecule has 4 saturated carbocycles. The van der Waals surface area contributed by atoms with Crippen molar-refractivity contribution in [1.82, 2.24) is 5.32 Å². The number of amides is 1. The Labute approximate surface area is 138 Å². The first-order valence-electron chi connectivity index (χ1n) is 8.86. The van der Waals surface area contributed by atoms with E-state index < -0.39 is 16.6 Å². The van der Waals surface area contributed by atoms with E-state index in [-0.39, 0.29) is 12.1 Å². The average Bonchev–Trinajstić information content (AvgIpc) is 2.44. The number of hydrogen-bond donors (Lipinski definition) is 1. The zero-order valence-corrected chi connectivity index (χ0v) is 14.7. The maximum Gasteiger partial charge on any atom is 0.407 e. The molecule has 0 heterocycles. The summed E-state index contributed by atoms with van der Waals surface area (Å²) in [5.41, 5.74) is -1.33. The second-order valence-corrected chi connectivity index (χ2v) is 8.59. The predicted molar refractivity (Wildman–Crippen MR) is 85.8 cm³/mol. The van der Waals surface area contributed by atoms with E-state index in [1.165, 1.54) is 6.42 Å². The van der Waals surface area contributed by atoms with Crippen LogP contribution < -0.4 is 5.32 Å². The van der Waals surface area contributed by atoms with Crippen LogP contribution in [0.2, 0.25) is 0 Å². The van der Waals surface area contributed by atoms with Gasteiger partial charge in [-0.15, -0.1) is 0 Å². The third kappa shape index (κ3) is 2.94. The number of nitrogens with one attached hydrogen (secondary N) is 1. The number of esters is 1. The Morgan fingerprint density at radius 3 is 2.09 bits per heavy atom. The minimum atomic E-state index is -0.460. The summed E-state index contributed by atoms with van der Waals surface area (Å²) >= 11 is 0. The zero-order chi connectivity index (χ0) is 16.9. The van der Waals surface area contributed by atoms with Gasteiger partial charge in [-0.2, -0.15) is 0 Å². The fraction of sp³-hybridized carbons (Fsp3) is 0.889. The largest absolute Gasteiger partial charge is 0.458 e. The van der Waals surface area contributed by atoms with Crippen molar-refractivity contribution < 1.29 is 19.1 Å². The van der Waals surface area contributed by atoms with E-state index in [1.807, 2.05) is 20.8 Å². The van der Waals surface area contributed by atoms with Crippen molar-refractivity contribution in [3.05, 3.63) is 0 Å². The van der Waals surface area contributed by atoms with Gasteiger partial charge < -0.3 is 14.8 Å². The van der Waals surface area contributed by atoms with Gasteiger partial charge in [-0.1, -0.05) is 6.92 Å². The van der Waals surface area contributed by atoms with E-state index >= 15 is 0 Å². The van der Waals surface area contributed by atoms with Crippen LogP contribution in [-0.2, 0) is 14.3 Å². The summed E-state index contributed by atoms with van der Waals surface area (Å²) < 4.78 is 11.9. The fourth-order valence-corrected chi connectivity index (χ4v) is 5.06. The molecular weight excluding hydrogens is 294 g/mol. The van der Waals surface area contributed by atoms with E-state index in [2.05, 4.69) is 5.32 Å². The van der Waals surface area contributed by atoms with Crippen LogP contribution in [0, 0.1) is 17.3 Å². The highest BCUT2D eigenvalue weighted by atomic mass is 16.6. The summed E-state index contributed by atoms with van der Waals surface area (Å²) in [7, 11) is 1.59. The van der Waals surface area contributed by atoms with Crippen molar-refractivity contribution in [2.75, 3.05) is 7.05 Å². The monoisotopic (exact) mass is 323 g/mol. The van der Waals surface area contributed by atoms with E-state index in [4.69, 9.17) is 9.47 Å². The maximum absolute atomic E-state index is 12.6. The Bertz CT molecular complexity index is 499. The lowest BCUT2D eigenvalue weighted by Gasteiger charge is -2.60. The van der Waals surface area contributed by atoms with Gasteiger partial charge in [0.2, 0.25) is 0 Å². The van der Waals surface area contributed by atoms with Crippen LogP contribution in [0.25, 0.3) is 0 Å². The molecule has 5 heteroatoms. The molecule has 4 bridgehead atoms. The lowest BCUT2D eigenvalue weighted by Crippen LogP contribution is -2.62. The molecule has 0 aromatic heterocycles. The first kappa shape index (κ1) is 16.6. The summed E-state index contributed by atoms with van der Waals surface area (Å²) in [5, 5.41) is 2.56. The lowest BCUT2D eigenvalue weighted by molar-refractivity contribution is -0.224. The van der Waals surface area contributed by atoms with E-state index in [0.717, 1.165) is 32.1 Å². The van der Waals surface area contributed by atoms with Gasteiger partial charge in [0.25, 0.3) is 0 Å². The van der Waals surface area contributed by atoms with Crippen LogP contribution in [-0.4, -0.2) is 30.3 Å². The third-order valence-corrected chi connectivity index (χ3v) is 6.21. The number of carbonyl (C=O) groups excluding carboxylic acids is 2. The number of hydrogen-bond acceptors (Lipinski definition) is 4. The molecule has 1 N–H and O–H groups in total. The van der Waals surface area contributed by atoms with Crippen molar-refractivity contribution in [3.63, 3.8) is 0 Å². The van der Waals surface area contributed by atoms with Gasteiger partial charge in [0.15, 0.2) is 0 Å². The van der Waals surface area contributed by atoms with Crippen LogP contribution in [0.5, 0.6) is 0 Å². The Morgan fingerprint density at radius 2 is 1.61 bits per heavy atom. The highest BCUT2D eigenvalue weighted by Gasteiger charge is 2.61. The van der Waals surface area contributed by atoms with Crippen molar-refractivity contribution in [3.8, 4) is 0 Å². The first-order chi connectivity index (χ1) is 10.7. The van der Waals surface area contributed by atoms with Gasteiger partial charge in [0.05, 0.1) is 5.41 Å². The number of alkyl carbamates (subject to hydrolysis) is 1. The smallest absolute Gasteiger partial charge is 0.407 e. The Kier molecular flexibility index (Phi) is 3.88. The fourth-order valence-electron chi connectivity index (χ4n) is 5.06. The summed E-state index contributed by atoms with van der Waals surface area (Å²) in [6.07, 6.45) is 5.89. The molecule has 0 spiro atoms. The summed E-state index contributed by atoms with van der Waals surface area (Å²) in [6, 6.07) is 0. The molecule has 0 aliphatic heterocycles. The molecule has 4 rings (SSSR count). The van der Waals surface area contributed by atoms with Gasteiger partial charge in [-0.25, -0.2) is 4.79 Å². The summed E-state index contributed by atoms with van der Waals surface area (Å²) in [4.78, 5) is 24.4. The molecule has 4 aliphatic carbocycles. The van der Waals surface area contributed by atoms with Crippen molar-refractivity contribution in [2.45, 2.75) is 76.9 Å². The van der Waals surface area contributed by atoms with Gasteiger partial charge in [0.1, 0.15) is 11.2 Å². The van der Waals surface area contributed by atoms with Crippen LogP contribution in [0.15, 0.2) is 0 Å². The Balaban J connectivity index is 1.80. The summed E-state index contributed by atoms with van der Waals surface area (Å²) in [5.74, 6) is 0.883. The standard InChI is InChI=1S/C18H29NO4/c1-5-16(2,3)14(20)22-17-7-12-6-13(8-17)10-18(9-12,11-17)23-15(21)19-4/h12-13H,5-11H2,1-4H3,(H,19,21). The quantitative estimate of drug-likeness (QED) is 0.805. The van der Waals surface area contributed by atoms with Gasteiger partial charge in [-0.3, -0.25) is 4.79 Å². The molecule has 2 atom stereocenters. The number of rotatable bonds is 4. The van der Waals surface area contributed by atoms with E-state index in [1.54, 1.807) is 7.05 Å². The Hall–Kier alpha value is -1.26. The van der Waals surface area contributed by atoms with Crippen LogP contribution in [0.1, 0.15) is 65.7 Å². The van der Waals surface area contributed by atoms with Crippen molar-refractivity contribution in [2.24, 2.45) is 17.3 Å². The second kappa shape index (κ2) is 5.38. The van der Waals surface area contributed by atoms with Crippen LogP contribution >= 0.6 is 0 Å². The predicted octanol–water partition coefficient (Wildman–Crippen LogP) is 3.41. The van der Waals surface area contributed by atoms with Crippen LogP contribution in [0.4, 0.5) is 4.79 Å². The number of carbonyl (C=O) groups is 2. The molecule has 5 nitrogen and oxygen atoms in total. The molecule has 0 aromatic carbocycles. The molecule has 2 unspecified atom stereocenters. The van der Waals surface area contributed by atoms with Crippen molar-refractivity contribution >= 4 is 12.1 Å².